The lowest BCUT2D eigenvalue weighted by Gasteiger charge is -2.05. The highest BCUT2D eigenvalue weighted by molar-refractivity contribution is 5.76. The van der Waals surface area contributed by atoms with Crippen LogP contribution in [-0.2, 0) is 12.8 Å². The molecule has 1 aromatic heterocycles. The lowest BCUT2D eigenvalue weighted by molar-refractivity contribution is 0.465. The Hall–Kier alpha value is -2.55. The van der Waals surface area contributed by atoms with Crippen LogP contribution in [0.3, 0.4) is 0 Å². The molecule has 0 aliphatic carbocycles. The first-order chi connectivity index (χ1) is 9.74. The molecule has 0 amide bonds. The number of aromatic hydroxyl groups is 1. The third kappa shape index (κ3) is 2.43. The molecule has 0 aliphatic heterocycles. The zero-order valence-corrected chi connectivity index (χ0v) is 10.9. The number of fused-ring (bicyclic) bond motifs is 1. The van der Waals surface area contributed by atoms with Gasteiger partial charge in [-0.05, 0) is 30.2 Å². The maximum atomic E-state index is 12.0. The number of phenolic OH excluding ortho intramolecular Hbond substituents is 1. The van der Waals surface area contributed by atoms with Gasteiger partial charge in [0.15, 0.2) is 5.43 Å². The number of benzene rings is 2. The van der Waals surface area contributed by atoms with Gasteiger partial charge in [0.05, 0.1) is 5.39 Å². The van der Waals surface area contributed by atoms with E-state index in [0.29, 0.717) is 29.6 Å². The lowest BCUT2D eigenvalue weighted by atomic mass is 10.1. The summed E-state index contributed by atoms with van der Waals surface area (Å²) < 4.78 is 5.72. The minimum Gasteiger partial charge on any atom is -0.508 e. The Morgan fingerprint density at radius 1 is 0.950 bits per heavy atom. The molecule has 0 unspecified atom stereocenters. The first kappa shape index (κ1) is 12.5. The average molecular weight is 266 g/mol. The maximum Gasteiger partial charge on any atom is 0.192 e. The number of phenols is 1. The fourth-order valence-electron chi connectivity index (χ4n) is 2.26. The summed E-state index contributed by atoms with van der Waals surface area (Å²) in [4.78, 5) is 12.0. The van der Waals surface area contributed by atoms with E-state index < -0.39 is 0 Å². The number of hydrogen-bond acceptors (Lipinski definition) is 3. The van der Waals surface area contributed by atoms with Gasteiger partial charge in [-0.2, -0.15) is 0 Å². The molecule has 0 bridgehead atoms. The molecule has 2 aromatic carbocycles. The third-order valence-corrected chi connectivity index (χ3v) is 3.32. The van der Waals surface area contributed by atoms with Gasteiger partial charge in [-0.15, -0.1) is 0 Å². The molecular weight excluding hydrogens is 252 g/mol. The van der Waals surface area contributed by atoms with Crippen LogP contribution in [0.5, 0.6) is 5.75 Å². The second-order valence-electron chi connectivity index (χ2n) is 4.70. The normalized spacial score (nSPS) is 10.8. The van der Waals surface area contributed by atoms with Crippen LogP contribution in [0, 0.1) is 0 Å². The Morgan fingerprint density at radius 3 is 2.55 bits per heavy atom. The van der Waals surface area contributed by atoms with Crippen LogP contribution in [0.25, 0.3) is 11.0 Å². The third-order valence-electron chi connectivity index (χ3n) is 3.32. The molecular formula is C17H14O3. The molecule has 1 heterocycles. The SMILES string of the molecule is O=c1cc(CCc2ccccc2O)oc2ccccc12. The zero-order valence-electron chi connectivity index (χ0n) is 10.9. The van der Waals surface area contributed by atoms with Crippen molar-refractivity contribution in [3.05, 3.63) is 76.1 Å². The summed E-state index contributed by atoms with van der Waals surface area (Å²) in [6.45, 7) is 0. The van der Waals surface area contributed by atoms with Crippen molar-refractivity contribution in [1.82, 2.24) is 0 Å². The second kappa shape index (κ2) is 5.21. The van der Waals surface area contributed by atoms with Crippen molar-refractivity contribution < 1.29 is 9.52 Å². The van der Waals surface area contributed by atoms with Crippen LogP contribution in [0.4, 0.5) is 0 Å². The van der Waals surface area contributed by atoms with Gasteiger partial charge in [0.25, 0.3) is 0 Å². The van der Waals surface area contributed by atoms with E-state index in [1.165, 1.54) is 6.07 Å². The van der Waals surface area contributed by atoms with Crippen molar-refractivity contribution >= 4 is 11.0 Å². The topological polar surface area (TPSA) is 50.4 Å². The number of hydrogen-bond donors (Lipinski definition) is 1. The Morgan fingerprint density at radius 2 is 1.70 bits per heavy atom. The molecule has 3 aromatic rings. The minimum absolute atomic E-state index is 0.0286. The molecule has 0 saturated carbocycles. The highest BCUT2D eigenvalue weighted by Crippen LogP contribution is 2.19. The Labute approximate surface area is 116 Å². The second-order valence-corrected chi connectivity index (χ2v) is 4.70. The molecule has 0 atom stereocenters. The maximum absolute atomic E-state index is 12.0. The van der Waals surface area contributed by atoms with Crippen molar-refractivity contribution in [3.63, 3.8) is 0 Å². The molecule has 0 spiro atoms. The van der Waals surface area contributed by atoms with Gasteiger partial charge < -0.3 is 9.52 Å². The molecule has 0 radical (unpaired) electrons. The zero-order chi connectivity index (χ0) is 13.9. The van der Waals surface area contributed by atoms with Crippen LogP contribution in [0.1, 0.15) is 11.3 Å². The molecule has 20 heavy (non-hydrogen) atoms. The summed E-state index contributed by atoms with van der Waals surface area (Å²) in [6, 6.07) is 15.9. The summed E-state index contributed by atoms with van der Waals surface area (Å²) in [5.74, 6) is 0.910. The lowest BCUT2D eigenvalue weighted by Crippen LogP contribution is -2.03. The van der Waals surface area contributed by atoms with Gasteiger partial charge in [-0.3, -0.25) is 4.79 Å². The molecule has 100 valence electrons. The molecule has 0 saturated heterocycles. The number of rotatable bonds is 3. The Balaban J connectivity index is 1.88. The molecule has 3 nitrogen and oxygen atoms in total. The van der Waals surface area contributed by atoms with E-state index >= 15 is 0 Å². The quantitative estimate of drug-likeness (QED) is 0.791. The summed E-state index contributed by atoms with van der Waals surface area (Å²) in [5.41, 5.74) is 1.43. The number of para-hydroxylation sites is 2. The van der Waals surface area contributed by atoms with Crippen molar-refractivity contribution in [2.45, 2.75) is 12.8 Å². The predicted octanol–water partition coefficient (Wildman–Crippen LogP) is 3.28. The van der Waals surface area contributed by atoms with Crippen LogP contribution in [0.15, 0.2) is 63.8 Å². The van der Waals surface area contributed by atoms with Crippen molar-refractivity contribution in [2.75, 3.05) is 0 Å². The number of aryl methyl sites for hydroxylation is 2. The van der Waals surface area contributed by atoms with Gasteiger partial charge in [0.2, 0.25) is 0 Å². The summed E-state index contributed by atoms with van der Waals surface area (Å²) >= 11 is 0. The molecule has 1 N–H and O–H groups in total. The predicted molar refractivity (Wildman–Crippen MR) is 78.0 cm³/mol. The van der Waals surface area contributed by atoms with E-state index in [-0.39, 0.29) is 11.2 Å². The highest BCUT2D eigenvalue weighted by atomic mass is 16.3. The van der Waals surface area contributed by atoms with Crippen LogP contribution < -0.4 is 5.43 Å². The highest BCUT2D eigenvalue weighted by Gasteiger charge is 2.06. The Kier molecular flexibility index (Phi) is 3.25. The summed E-state index contributed by atoms with van der Waals surface area (Å²) in [6.07, 6.45) is 1.21. The van der Waals surface area contributed by atoms with E-state index in [0.717, 1.165) is 5.56 Å². The van der Waals surface area contributed by atoms with Crippen LogP contribution >= 0.6 is 0 Å². The van der Waals surface area contributed by atoms with E-state index in [2.05, 4.69) is 0 Å². The summed E-state index contributed by atoms with van der Waals surface area (Å²) in [5, 5.41) is 10.3. The Bertz CT molecular complexity index is 802. The summed E-state index contributed by atoms with van der Waals surface area (Å²) in [7, 11) is 0. The fraction of sp³-hybridized carbons (Fsp3) is 0.118. The van der Waals surface area contributed by atoms with E-state index in [1.54, 1.807) is 24.3 Å². The van der Waals surface area contributed by atoms with Crippen LogP contribution in [-0.4, -0.2) is 5.11 Å². The largest absolute Gasteiger partial charge is 0.508 e. The van der Waals surface area contributed by atoms with E-state index in [1.807, 2.05) is 24.3 Å². The van der Waals surface area contributed by atoms with Crippen molar-refractivity contribution in [1.29, 1.82) is 0 Å². The van der Waals surface area contributed by atoms with Gasteiger partial charge in [0.1, 0.15) is 17.1 Å². The standard InChI is InChI=1S/C17H14O3/c18-15-7-3-1-5-12(15)9-10-13-11-16(19)14-6-2-4-8-17(14)20-13/h1-8,11,18H,9-10H2. The van der Waals surface area contributed by atoms with Crippen LogP contribution in [0.2, 0.25) is 0 Å². The fourth-order valence-corrected chi connectivity index (χ4v) is 2.26. The van der Waals surface area contributed by atoms with E-state index in [4.69, 9.17) is 4.42 Å². The monoisotopic (exact) mass is 266 g/mol. The smallest absolute Gasteiger partial charge is 0.192 e. The molecule has 3 heteroatoms. The van der Waals surface area contributed by atoms with Gasteiger partial charge in [0, 0.05) is 12.5 Å². The molecule has 0 fully saturated rings. The van der Waals surface area contributed by atoms with E-state index in [9.17, 15) is 9.90 Å². The minimum atomic E-state index is -0.0286. The first-order valence-corrected chi connectivity index (χ1v) is 6.53. The van der Waals surface area contributed by atoms with Crippen molar-refractivity contribution in [2.24, 2.45) is 0 Å². The van der Waals surface area contributed by atoms with Crippen molar-refractivity contribution in [3.8, 4) is 5.75 Å². The van der Waals surface area contributed by atoms with Gasteiger partial charge in [-0.1, -0.05) is 30.3 Å². The molecule has 0 aliphatic rings. The average Bonchev–Trinajstić information content (AvgIpc) is 2.46. The molecule has 3 rings (SSSR count). The van der Waals surface area contributed by atoms with Gasteiger partial charge >= 0.3 is 0 Å². The van der Waals surface area contributed by atoms with Gasteiger partial charge in [-0.25, -0.2) is 0 Å². The first-order valence-electron chi connectivity index (χ1n) is 6.53.